The first kappa shape index (κ1) is 21.9. The fourth-order valence-corrected chi connectivity index (χ4v) is 4.07. The van der Waals surface area contributed by atoms with E-state index in [0.717, 1.165) is 0 Å². The first-order valence-corrected chi connectivity index (χ1v) is 10.8. The molecule has 0 fully saturated rings. The average molecular weight is 431 g/mol. The number of nitrogens with one attached hydrogen (secondary N) is 1. The Morgan fingerprint density at radius 3 is 2.70 bits per heavy atom. The SMILES string of the molecule is CCOC(=O)c1c(C)[nH]c(C(=O)CSc2nnc(-c3ccco3)n2CC(C)C)c1C. The van der Waals surface area contributed by atoms with E-state index in [4.69, 9.17) is 9.15 Å². The van der Waals surface area contributed by atoms with Crippen LogP contribution in [0.2, 0.25) is 0 Å². The third-order valence-corrected chi connectivity index (χ3v) is 5.50. The number of H-pyrrole nitrogens is 1. The topological polar surface area (TPSA) is 103 Å². The van der Waals surface area contributed by atoms with E-state index in [-0.39, 0.29) is 18.1 Å². The molecule has 9 heteroatoms. The normalized spacial score (nSPS) is 11.3. The van der Waals surface area contributed by atoms with Crippen LogP contribution >= 0.6 is 11.8 Å². The van der Waals surface area contributed by atoms with Gasteiger partial charge in [-0.05, 0) is 44.4 Å². The second-order valence-corrected chi connectivity index (χ2v) is 8.29. The number of ketones is 1. The van der Waals surface area contributed by atoms with Gasteiger partial charge in [-0.15, -0.1) is 10.2 Å². The molecule has 0 unspecified atom stereocenters. The van der Waals surface area contributed by atoms with Gasteiger partial charge in [-0.2, -0.15) is 0 Å². The lowest BCUT2D eigenvalue weighted by Crippen LogP contribution is -2.10. The zero-order chi connectivity index (χ0) is 21.8. The van der Waals surface area contributed by atoms with Gasteiger partial charge in [0.25, 0.3) is 0 Å². The van der Waals surface area contributed by atoms with Crippen molar-refractivity contribution in [2.24, 2.45) is 5.92 Å². The Bertz CT molecular complexity index is 1030. The Balaban J connectivity index is 1.80. The summed E-state index contributed by atoms with van der Waals surface area (Å²) in [7, 11) is 0. The van der Waals surface area contributed by atoms with E-state index in [2.05, 4.69) is 29.0 Å². The van der Waals surface area contributed by atoms with Crippen LogP contribution in [0.4, 0.5) is 0 Å². The highest BCUT2D eigenvalue weighted by atomic mass is 32.2. The number of thioether (sulfide) groups is 1. The number of aromatic nitrogens is 4. The molecule has 8 nitrogen and oxygen atoms in total. The van der Waals surface area contributed by atoms with Crippen molar-refractivity contribution >= 4 is 23.5 Å². The Labute approximate surface area is 179 Å². The van der Waals surface area contributed by atoms with Crippen LogP contribution in [-0.4, -0.2) is 43.9 Å². The number of aryl methyl sites for hydroxylation is 1. The van der Waals surface area contributed by atoms with Gasteiger partial charge in [-0.3, -0.25) is 9.36 Å². The summed E-state index contributed by atoms with van der Waals surface area (Å²) in [5, 5.41) is 9.18. The van der Waals surface area contributed by atoms with Gasteiger partial charge in [-0.25, -0.2) is 4.79 Å². The molecule has 0 aliphatic carbocycles. The van der Waals surface area contributed by atoms with E-state index in [1.54, 1.807) is 33.1 Å². The van der Waals surface area contributed by atoms with E-state index >= 15 is 0 Å². The molecule has 3 rings (SSSR count). The van der Waals surface area contributed by atoms with Gasteiger partial charge in [0.2, 0.25) is 0 Å². The highest BCUT2D eigenvalue weighted by Gasteiger charge is 2.24. The number of esters is 1. The summed E-state index contributed by atoms with van der Waals surface area (Å²) in [4.78, 5) is 28.1. The number of rotatable bonds is 9. The fraction of sp³-hybridized carbons (Fsp3) is 0.429. The van der Waals surface area contributed by atoms with Gasteiger partial charge in [0, 0.05) is 12.2 Å². The molecule has 3 aromatic rings. The predicted molar refractivity (Wildman–Crippen MR) is 114 cm³/mol. The summed E-state index contributed by atoms with van der Waals surface area (Å²) in [6, 6.07) is 3.64. The van der Waals surface area contributed by atoms with Crippen LogP contribution in [0.5, 0.6) is 0 Å². The van der Waals surface area contributed by atoms with E-state index in [1.165, 1.54) is 11.8 Å². The zero-order valence-electron chi connectivity index (χ0n) is 17.8. The van der Waals surface area contributed by atoms with Gasteiger partial charge in [0.1, 0.15) is 0 Å². The van der Waals surface area contributed by atoms with Crippen molar-refractivity contribution in [3.05, 3.63) is 40.9 Å². The first-order valence-electron chi connectivity index (χ1n) is 9.82. The number of carbonyl (C=O) groups excluding carboxylic acids is 2. The second kappa shape index (κ2) is 9.34. The number of nitrogens with zero attached hydrogens (tertiary/aromatic N) is 3. The maximum Gasteiger partial charge on any atom is 0.340 e. The molecule has 1 N–H and O–H groups in total. The Hall–Kier alpha value is -2.81. The number of furan rings is 1. The molecule has 30 heavy (non-hydrogen) atoms. The predicted octanol–water partition coefficient (Wildman–Crippen LogP) is 4.29. The molecule has 3 aromatic heterocycles. The van der Waals surface area contributed by atoms with Crippen molar-refractivity contribution in [2.45, 2.75) is 46.3 Å². The highest BCUT2D eigenvalue weighted by Crippen LogP contribution is 2.27. The van der Waals surface area contributed by atoms with Crippen molar-refractivity contribution in [1.29, 1.82) is 0 Å². The molecule has 0 atom stereocenters. The van der Waals surface area contributed by atoms with Crippen molar-refractivity contribution < 1.29 is 18.7 Å². The minimum absolute atomic E-state index is 0.116. The minimum atomic E-state index is -0.421. The lowest BCUT2D eigenvalue weighted by molar-refractivity contribution is 0.0525. The molecular formula is C21H26N4O4S. The molecule has 0 aliphatic heterocycles. The minimum Gasteiger partial charge on any atom is -0.462 e. The molecule has 0 spiro atoms. The molecule has 0 saturated heterocycles. The fourth-order valence-electron chi connectivity index (χ4n) is 3.25. The van der Waals surface area contributed by atoms with E-state index in [9.17, 15) is 9.59 Å². The van der Waals surface area contributed by atoms with Gasteiger partial charge < -0.3 is 14.1 Å². The number of ether oxygens (including phenoxy) is 1. The maximum absolute atomic E-state index is 12.9. The lowest BCUT2D eigenvalue weighted by Gasteiger charge is -2.11. The number of aromatic amines is 1. The van der Waals surface area contributed by atoms with Crippen LogP contribution in [0.15, 0.2) is 28.0 Å². The molecule has 0 aliphatic rings. The van der Waals surface area contributed by atoms with Gasteiger partial charge in [0.05, 0.1) is 29.9 Å². The highest BCUT2D eigenvalue weighted by molar-refractivity contribution is 7.99. The Morgan fingerprint density at radius 2 is 2.07 bits per heavy atom. The van der Waals surface area contributed by atoms with E-state index in [0.29, 0.717) is 51.7 Å². The Kier molecular flexibility index (Phi) is 6.81. The summed E-state index contributed by atoms with van der Waals surface area (Å²) in [5.74, 6) is 1.27. The summed E-state index contributed by atoms with van der Waals surface area (Å²) >= 11 is 1.31. The maximum atomic E-state index is 12.9. The quantitative estimate of drug-likeness (QED) is 0.307. The van der Waals surface area contributed by atoms with E-state index < -0.39 is 5.97 Å². The van der Waals surface area contributed by atoms with Crippen molar-refractivity contribution in [1.82, 2.24) is 19.7 Å². The second-order valence-electron chi connectivity index (χ2n) is 7.35. The van der Waals surface area contributed by atoms with Crippen molar-refractivity contribution in [3.63, 3.8) is 0 Å². The third kappa shape index (κ3) is 4.51. The standard InChI is InChI=1S/C21H26N4O4S/c1-6-28-20(27)17-13(4)18(22-14(17)5)15(26)11-30-21-24-23-19(16-8-7-9-29-16)25(21)10-12(2)3/h7-9,12,22H,6,10-11H2,1-5H3. The smallest absolute Gasteiger partial charge is 0.340 e. The van der Waals surface area contributed by atoms with Crippen LogP contribution < -0.4 is 0 Å². The van der Waals surface area contributed by atoms with Crippen molar-refractivity contribution in [3.8, 4) is 11.6 Å². The molecule has 0 radical (unpaired) electrons. The monoisotopic (exact) mass is 430 g/mol. The molecule has 0 saturated carbocycles. The zero-order valence-corrected chi connectivity index (χ0v) is 18.6. The van der Waals surface area contributed by atoms with Crippen LogP contribution in [0, 0.1) is 19.8 Å². The van der Waals surface area contributed by atoms with Gasteiger partial charge in [-0.1, -0.05) is 25.6 Å². The number of Topliss-reactive ketones (excluding diaryl/α,β-unsaturated/α-hetero) is 1. The molecule has 0 amide bonds. The van der Waals surface area contributed by atoms with Crippen LogP contribution in [0.1, 0.15) is 52.9 Å². The summed E-state index contributed by atoms with van der Waals surface area (Å²) < 4.78 is 12.5. The summed E-state index contributed by atoms with van der Waals surface area (Å²) in [6.07, 6.45) is 1.59. The number of hydrogen-bond acceptors (Lipinski definition) is 7. The number of hydrogen-bond donors (Lipinski definition) is 1. The molecule has 0 bridgehead atoms. The molecule has 0 aromatic carbocycles. The van der Waals surface area contributed by atoms with Gasteiger partial charge in [0.15, 0.2) is 22.5 Å². The van der Waals surface area contributed by atoms with Crippen LogP contribution in [0.3, 0.4) is 0 Å². The Morgan fingerprint density at radius 1 is 1.30 bits per heavy atom. The lowest BCUT2D eigenvalue weighted by atomic mass is 10.1. The average Bonchev–Trinajstić information content (AvgIpc) is 3.39. The van der Waals surface area contributed by atoms with Crippen LogP contribution in [0.25, 0.3) is 11.6 Å². The van der Waals surface area contributed by atoms with Crippen molar-refractivity contribution in [2.75, 3.05) is 12.4 Å². The number of carbonyl (C=O) groups is 2. The first-order chi connectivity index (χ1) is 14.3. The third-order valence-electron chi connectivity index (χ3n) is 4.53. The molecule has 3 heterocycles. The molecular weight excluding hydrogens is 404 g/mol. The molecule has 160 valence electrons. The summed E-state index contributed by atoms with van der Waals surface area (Å²) in [5.41, 5.74) is 2.08. The van der Waals surface area contributed by atoms with Crippen LogP contribution in [-0.2, 0) is 11.3 Å². The van der Waals surface area contributed by atoms with Gasteiger partial charge >= 0.3 is 5.97 Å². The largest absolute Gasteiger partial charge is 0.462 e. The summed E-state index contributed by atoms with van der Waals surface area (Å²) in [6.45, 7) is 10.5. The van der Waals surface area contributed by atoms with E-state index in [1.807, 2.05) is 10.6 Å².